The Kier molecular flexibility index (Phi) is 7.71. The molecule has 0 spiro atoms. The number of allylic oxidation sites excluding steroid dienone is 1. The summed E-state index contributed by atoms with van der Waals surface area (Å²) < 4.78 is 5.00. The summed E-state index contributed by atoms with van der Waals surface area (Å²) in [6.07, 6.45) is 0. The van der Waals surface area contributed by atoms with Gasteiger partial charge in [-0.1, -0.05) is 76.9 Å². The van der Waals surface area contributed by atoms with Crippen LogP contribution in [0.1, 0.15) is 5.56 Å². The van der Waals surface area contributed by atoms with E-state index in [4.69, 9.17) is 39.5 Å². The molecule has 0 N–H and O–H groups in total. The molecule has 1 fully saturated rings. The summed E-state index contributed by atoms with van der Waals surface area (Å²) in [6, 6.07) is 9.68. The highest BCUT2D eigenvalue weighted by Gasteiger charge is 2.30. The van der Waals surface area contributed by atoms with Crippen molar-refractivity contribution in [1.82, 2.24) is 4.90 Å². The average molecular weight is 410 g/mol. The van der Waals surface area contributed by atoms with Crippen molar-refractivity contribution in [2.75, 3.05) is 26.3 Å². The molecule has 5 nitrogen and oxygen atoms in total. The van der Waals surface area contributed by atoms with Crippen LogP contribution in [0.2, 0.25) is 0 Å². The van der Waals surface area contributed by atoms with Gasteiger partial charge in [-0.05, 0) is 5.56 Å². The van der Waals surface area contributed by atoms with Gasteiger partial charge < -0.3 is 9.64 Å². The van der Waals surface area contributed by atoms with Crippen LogP contribution in [0.3, 0.4) is 0 Å². The van der Waals surface area contributed by atoms with Crippen molar-refractivity contribution in [3.8, 4) is 0 Å². The van der Waals surface area contributed by atoms with Gasteiger partial charge in [-0.25, -0.2) is 0 Å². The van der Waals surface area contributed by atoms with E-state index in [0.29, 0.717) is 37.1 Å². The van der Waals surface area contributed by atoms with E-state index >= 15 is 0 Å². The van der Waals surface area contributed by atoms with Gasteiger partial charge in [-0.15, -0.1) is 0 Å². The first-order valence-electron chi connectivity index (χ1n) is 7.10. The highest BCUT2D eigenvalue weighted by molar-refractivity contribution is 8.02. The van der Waals surface area contributed by atoms with Crippen LogP contribution in [0.5, 0.6) is 0 Å². The highest BCUT2D eigenvalue weighted by atomic mass is 35.5. The van der Waals surface area contributed by atoms with Crippen molar-refractivity contribution in [1.29, 1.82) is 0 Å². The van der Waals surface area contributed by atoms with Gasteiger partial charge in [-0.3, -0.25) is 10.1 Å². The summed E-state index contributed by atoms with van der Waals surface area (Å²) >= 11 is 18.7. The molecule has 1 aliphatic heterocycles. The summed E-state index contributed by atoms with van der Waals surface area (Å²) in [5, 5.41) is 11.8. The Morgan fingerprint density at radius 3 is 2.38 bits per heavy atom. The molecule has 1 aromatic rings. The number of ether oxygens (including phenoxy) is 1. The second-order valence-electron chi connectivity index (χ2n) is 4.86. The van der Waals surface area contributed by atoms with Crippen LogP contribution in [0.4, 0.5) is 0 Å². The van der Waals surface area contributed by atoms with Crippen molar-refractivity contribution >= 4 is 46.6 Å². The Balaban J connectivity index is 2.37. The molecule has 24 heavy (non-hydrogen) atoms. The second-order valence-corrected chi connectivity index (χ2v) is 7.15. The lowest BCUT2D eigenvalue weighted by atomic mass is 10.2. The lowest BCUT2D eigenvalue weighted by molar-refractivity contribution is -0.421. The van der Waals surface area contributed by atoms with Crippen LogP contribution in [0.15, 0.2) is 50.6 Å². The monoisotopic (exact) mass is 408 g/mol. The molecule has 0 aliphatic carbocycles. The van der Waals surface area contributed by atoms with E-state index in [-0.39, 0.29) is 15.2 Å². The molecule has 0 radical (unpaired) electrons. The fraction of sp³-hybridized carbons (Fsp3) is 0.333. The second kappa shape index (κ2) is 9.53. The van der Waals surface area contributed by atoms with Gasteiger partial charge in [0.2, 0.25) is 0 Å². The van der Waals surface area contributed by atoms with Gasteiger partial charge in [0.25, 0.3) is 0 Å². The summed E-state index contributed by atoms with van der Waals surface area (Å²) in [5.41, 5.74) is 0.771. The van der Waals surface area contributed by atoms with Gasteiger partial charge in [-0.2, -0.15) is 0 Å². The van der Waals surface area contributed by atoms with Crippen molar-refractivity contribution in [2.45, 2.75) is 5.75 Å². The number of nitrogens with zero attached hydrogens (tertiary/aromatic N) is 2. The normalized spacial score (nSPS) is 15.7. The first-order valence-corrected chi connectivity index (χ1v) is 9.22. The molecule has 130 valence electrons. The quantitative estimate of drug-likeness (QED) is 0.391. The van der Waals surface area contributed by atoms with Crippen molar-refractivity contribution in [2.24, 2.45) is 0 Å². The lowest BCUT2D eigenvalue weighted by Crippen LogP contribution is -2.36. The van der Waals surface area contributed by atoms with E-state index in [2.05, 4.69) is 0 Å². The smallest absolute Gasteiger partial charge is 0.320 e. The van der Waals surface area contributed by atoms with Gasteiger partial charge >= 0.3 is 5.70 Å². The number of halogens is 3. The van der Waals surface area contributed by atoms with Crippen LogP contribution in [-0.4, -0.2) is 36.1 Å². The van der Waals surface area contributed by atoms with Crippen LogP contribution >= 0.6 is 46.6 Å². The molecule has 0 amide bonds. The maximum Gasteiger partial charge on any atom is 0.320 e. The topological polar surface area (TPSA) is 55.6 Å². The van der Waals surface area contributed by atoms with Crippen molar-refractivity contribution in [3.63, 3.8) is 0 Å². The molecule has 0 atom stereocenters. The standard InChI is InChI=1S/C15H15Cl3N2O3S/c16-12(14(17)18)13(20(21)22)15(19-6-8-23-9-7-19)24-10-11-4-2-1-3-5-11/h1-5H,6-10H2. The van der Waals surface area contributed by atoms with Crippen LogP contribution in [0.25, 0.3) is 0 Å². The number of nitro groups is 1. The van der Waals surface area contributed by atoms with Gasteiger partial charge in [0.05, 0.1) is 18.1 Å². The number of hydrogen-bond donors (Lipinski definition) is 0. The zero-order valence-corrected chi connectivity index (χ0v) is 15.7. The third kappa shape index (κ3) is 5.29. The Hall–Kier alpha value is -0.920. The number of benzene rings is 1. The highest BCUT2D eigenvalue weighted by Crippen LogP contribution is 2.35. The van der Waals surface area contributed by atoms with Crippen LogP contribution in [0, 0.1) is 10.1 Å². The van der Waals surface area contributed by atoms with Gasteiger partial charge in [0, 0.05) is 18.8 Å². The maximum atomic E-state index is 11.6. The molecule has 0 saturated carbocycles. The van der Waals surface area contributed by atoms with Crippen LogP contribution in [-0.2, 0) is 10.5 Å². The third-order valence-corrected chi connectivity index (χ3v) is 5.42. The number of thioether (sulfide) groups is 1. The van der Waals surface area contributed by atoms with E-state index in [1.807, 2.05) is 35.2 Å². The summed E-state index contributed by atoms with van der Waals surface area (Å²) in [4.78, 5) is 12.9. The molecule has 0 aromatic heterocycles. The summed E-state index contributed by atoms with van der Waals surface area (Å²) in [7, 11) is 0. The Morgan fingerprint density at radius 1 is 1.21 bits per heavy atom. The Labute approximate surface area is 159 Å². The van der Waals surface area contributed by atoms with Gasteiger partial charge in [0.1, 0.15) is 4.49 Å². The first kappa shape index (κ1) is 19.4. The van der Waals surface area contributed by atoms with Crippen LogP contribution < -0.4 is 0 Å². The molecule has 1 saturated heterocycles. The molecular formula is C15H15Cl3N2O3S. The Morgan fingerprint density at radius 2 is 1.83 bits per heavy atom. The number of morpholine rings is 1. The van der Waals surface area contributed by atoms with E-state index in [1.54, 1.807) is 0 Å². The zero-order chi connectivity index (χ0) is 17.5. The number of rotatable bonds is 6. The molecule has 1 aromatic carbocycles. The maximum absolute atomic E-state index is 11.6. The van der Waals surface area contributed by atoms with E-state index in [9.17, 15) is 10.1 Å². The zero-order valence-electron chi connectivity index (χ0n) is 12.6. The molecule has 9 heteroatoms. The fourth-order valence-electron chi connectivity index (χ4n) is 2.14. The Bertz CT molecular complexity index is 643. The minimum absolute atomic E-state index is 0.259. The summed E-state index contributed by atoms with van der Waals surface area (Å²) in [6.45, 7) is 2.07. The largest absolute Gasteiger partial charge is 0.378 e. The predicted octanol–water partition coefficient (Wildman–Crippen LogP) is 4.58. The van der Waals surface area contributed by atoms with E-state index in [0.717, 1.165) is 5.56 Å². The van der Waals surface area contributed by atoms with Crippen molar-refractivity contribution < 1.29 is 9.66 Å². The van der Waals surface area contributed by atoms with Crippen molar-refractivity contribution in [3.05, 3.63) is 66.3 Å². The lowest BCUT2D eigenvalue weighted by Gasteiger charge is -2.30. The number of hydrogen-bond acceptors (Lipinski definition) is 5. The van der Waals surface area contributed by atoms with E-state index < -0.39 is 4.92 Å². The first-order chi connectivity index (χ1) is 11.5. The van der Waals surface area contributed by atoms with Gasteiger partial charge in [0.15, 0.2) is 10.1 Å². The molecule has 1 heterocycles. The van der Waals surface area contributed by atoms with E-state index in [1.165, 1.54) is 11.8 Å². The molecular weight excluding hydrogens is 395 g/mol. The predicted molar refractivity (Wildman–Crippen MR) is 98.7 cm³/mol. The molecule has 1 aliphatic rings. The average Bonchev–Trinajstić information content (AvgIpc) is 2.59. The fourth-order valence-corrected chi connectivity index (χ4v) is 3.71. The molecule has 0 bridgehead atoms. The molecule has 0 unspecified atom stereocenters. The SMILES string of the molecule is O=[N+]([O-])C(C(Cl)=C(Cl)Cl)=C(SCc1ccccc1)N1CCOCC1. The molecule has 2 rings (SSSR count). The minimum Gasteiger partial charge on any atom is -0.378 e. The summed E-state index contributed by atoms with van der Waals surface area (Å²) in [5.74, 6) is 0.564. The minimum atomic E-state index is -0.546. The third-order valence-electron chi connectivity index (χ3n) is 3.28.